The number of nitrogens with one attached hydrogen (secondary N) is 3. The zero-order valence-electron chi connectivity index (χ0n) is 14.0. The van der Waals surface area contributed by atoms with Crippen LogP contribution in [0.3, 0.4) is 0 Å². The molecule has 0 spiro atoms. The Morgan fingerprint density at radius 3 is 2.72 bits per heavy atom. The average molecular weight is 365 g/mol. The Morgan fingerprint density at radius 2 is 1.96 bits per heavy atom. The van der Waals surface area contributed by atoms with Crippen molar-refractivity contribution in [2.24, 2.45) is 0 Å². The summed E-state index contributed by atoms with van der Waals surface area (Å²) < 4.78 is 27.2. The lowest BCUT2D eigenvalue weighted by atomic mass is 10.0. The van der Waals surface area contributed by atoms with Gasteiger partial charge in [-0.3, -0.25) is 9.59 Å². The Morgan fingerprint density at radius 1 is 1.20 bits per heavy atom. The van der Waals surface area contributed by atoms with E-state index in [9.17, 15) is 18.0 Å². The van der Waals surface area contributed by atoms with E-state index in [1.54, 1.807) is 12.1 Å². The maximum Gasteiger partial charge on any atom is 0.240 e. The molecule has 25 heavy (non-hydrogen) atoms. The van der Waals surface area contributed by atoms with Crippen molar-refractivity contribution in [1.29, 1.82) is 0 Å². The molecule has 1 aliphatic carbocycles. The molecule has 7 nitrogen and oxygen atoms in total. The molecule has 1 aliphatic heterocycles. The van der Waals surface area contributed by atoms with Crippen molar-refractivity contribution in [1.82, 2.24) is 10.0 Å². The molecule has 1 aromatic rings. The van der Waals surface area contributed by atoms with Crippen molar-refractivity contribution in [2.45, 2.75) is 55.9 Å². The molecule has 0 saturated heterocycles. The summed E-state index contributed by atoms with van der Waals surface area (Å²) >= 11 is 0. The molecule has 2 amide bonds. The van der Waals surface area contributed by atoms with Crippen molar-refractivity contribution in [3.63, 3.8) is 0 Å². The summed E-state index contributed by atoms with van der Waals surface area (Å²) in [6.07, 6.45) is 5.27. The number of benzene rings is 1. The molecule has 1 heterocycles. The van der Waals surface area contributed by atoms with Crippen LogP contribution in [0.4, 0.5) is 5.69 Å². The topological polar surface area (TPSA) is 104 Å². The second-order valence-corrected chi connectivity index (χ2v) is 8.33. The van der Waals surface area contributed by atoms with E-state index in [4.69, 9.17) is 0 Å². The van der Waals surface area contributed by atoms with Crippen molar-refractivity contribution in [3.8, 4) is 0 Å². The highest BCUT2D eigenvalue weighted by Gasteiger charge is 2.21. The quantitative estimate of drug-likeness (QED) is 0.707. The lowest BCUT2D eigenvalue weighted by Crippen LogP contribution is -2.35. The van der Waals surface area contributed by atoms with Gasteiger partial charge in [-0.05, 0) is 43.0 Å². The molecule has 1 saturated carbocycles. The Bertz CT molecular complexity index is 770. The van der Waals surface area contributed by atoms with Gasteiger partial charge in [0, 0.05) is 31.1 Å². The van der Waals surface area contributed by atoms with Crippen LogP contribution in [-0.2, 0) is 26.0 Å². The summed E-state index contributed by atoms with van der Waals surface area (Å²) in [5, 5.41) is 5.66. The van der Waals surface area contributed by atoms with Crippen LogP contribution in [0, 0.1) is 0 Å². The van der Waals surface area contributed by atoms with Gasteiger partial charge in [0.1, 0.15) is 0 Å². The van der Waals surface area contributed by atoms with E-state index in [0.29, 0.717) is 18.5 Å². The van der Waals surface area contributed by atoms with Crippen molar-refractivity contribution in [2.75, 3.05) is 11.9 Å². The number of anilines is 1. The van der Waals surface area contributed by atoms with Gasteiger partial charge in [0.25, 0.3) is 0 Å². The third-order valence-corrected chi connectivity index (χ3v) is 6.11. The van der Waals surface area contributed by atoms with Crippen LogP contribution in [-0.4, -0.2) is 32.8 Å². The first kappa shape index (κ1) is 17.9. The van der Waals surface area contributed by atoms with Gasteiger partial charge < -0.3 is 10.6 Å². The van der Waals surface area contributed by atoms with E-state index in [1.807, 2.05) is 0 Å². The summed E-state index contributed by atoms with van der Waals surface area (Å²) in [7, 11) is -3.67. The smallest absolute Gasteiger partial charge is 0.240 e. The Labute approximate surface area is 147 Å². The van der Waals surface area contributed by atoms with Gasteiger partial charge in [0.2, 0.25) is 21.8 Å². The number of hydrogen-bond donors (Lipinski definition) is 3. The number of amides is 2. The lowest BCUT2D eigenvalue weighted by Gasteiger charge is -2.17. The van der Waals surface area contributed by atoms with Crippen LogP contribution in [0.1, 0.15) is 44.1 Å². The number of carbonyl (C=O) groups excluding carboxylic acids is 2. The van der Waals surface area contributed by atoms with E-state index in [2.05, 4.69) is 15.4 Å². The van der Waals surface area contributed by atoms with Crippen LogP contribution in [0.5, 0.6) is 0 Å². The van der Waals surface area contributed by atoms with Gasteiger partial charge in [-0.2, -0.15) is 0 Å². The van der Waals surface area contributed by atoms with Crippen LogP contribution >= 0.6 is 0 Å². The second-order valence-electron chi connectivity index (χ2n) is 6.56. The van der Waals surface area contributed by atoms with E-state index in [0.717, 1.165) is 31.2 Å². The molecule has 1 aromatic carbocycles. The fraction of sp³-hybridized carbons (Fsp3) is 0.529. The van der Waals surface area contributed by atoms with Crippen LogP contribution < -0.4 is 15.4 Å². The van der Waals surface area contributed by atoms with Gasteiger partial charge >= 0.3 is 0 Å². The minimum atomic E-state index is -3.67. The largest absolute Gasteiger partial charge is 0.353 e. The molecule has 3 N–H and O–H groups in total. The summed E-state index contributed by atoms with van der Waals surface area (Å²) in [5.41, 5.74) is 1.47. The van der Waals surface area contributed by atoms with Crippen LogP contribution in [0.2, 0.25) is 0 Å². The summed E-state index contributed by atoms with van der Waals surface area (Å²) in [6, 6.07) is 4.88. The van der Waals surface area contributed by atoms with Crippen molar-refractivity contribution in [3.05, 3.63) is 23.8 Å². The fourth-order valence-electron chi connectivity index (χ4n) is 3.28. The predicted molar refractivity (Wildman–Crippen MR) is 93.6 cm³/mol. The summed E-state index contributed by atoms with van der Waals surface area (Å²) in [6.45, 7) is 0.0642. The van der Waals surface area contributed by atoms with E-state index in [-0.39, 0.29) is 35.7 Å². The molecule has 0 unspecified atom stereocenters. The first-order valence-corrected chi connectivity index (χ1v) is 10.1. The molecule has 2 aliphatic rings. The first-order chi connectivity index (χ1) is 11.9. The number of fused-ring (bicyclic) bond motifs is 1. The fourth-order valence-corrected chi connectivity index (χ4v) is 4.36. The minimum Gasteiger partial charge on any atom is -0.353 e. The lowest BCUT2D eigenvalue weighted by molar-refractivity contribution is -0.121. The highest BCUT2D eigenvalue weighted by atomic mass is 32.2. The number of rotatable bonds is 6. The molecule has 0 radical (unpaired) electrons. The number of hydrogen-bond acceptors (Lipinski definition) is 4. The zero-order valence-corrected chi connectivity index (χ0v) is 14.8. The van der Waals surface area contributed by atoms with Gasteiger partial charge in [0.05, 0.1) is 4.90 Å². The van der Waals surface area contributed by atoms with Gasteiger partial charge in [0.15, 0.2) is 0 Å². The standard InChI is InChI=1S/C17H23N3O4S/c21-16-8-5-12-11-14(6-7-15(12)20-16)25(23,24)18-10-9-17(22)19-13-3-1-2-4-13/h6-7,11,13,18H,1-5,8-10H2,(H,19,22)(H,20,21). The first-order valence-electron chi connectivity index (χ1n) is 8.66. The Kier molecular flexibility index (Phi) is 5.39. The maximum atomic E-state index is 12.4. The molecule has 0 aromatic heterocycles. The normalized spacial score (nSPS) is 17.8. The van der Waals surface area contributed by atoms with Crippen LogP contribution in [0.25, 0.3) is 0 Å². The van der Waals surface area contributed by atoms with Gasteiger partial charge in [-0.15, -0.1) is 0 Å². The predicted octanol–water partition coefficient (Wildman–Crippen LogP) is 1.30. The zero-order chi connectivity index (χ0) is 17.9. The third-order valence-electron chi connectivity index (χ3n) is 4.65. The minimum absolute atomic E-state index is 0.0606. The highest BCUT2D eigenvalue weighted by molar-refractivity contribution is 7.89. The summed E-state index contributed by atoms with van der Waals surface area (Å²) in [5.74, 6) is -0.183. The third kappa shape index (κ3) is 4.58. The van der Waals surface area contributed by atoms with Crippen LogP contribution in [0.15, 0.2) is 23.1 Å². The Balaban J connectivity index is 1.54. The van der Waals surface area contributed by atoms with Gasteiger partial charge in [-0.25, -0.2) is 13.1 Å². The molecule has 1 fully saturated rings. The molecule has 3 rings (SSSR count). The molecular formula is C17H23N3O4S. The molecule has 136 valence electrons. The number of sulfonamides is 1. The summed E-state index contributed by atoms with van der Waals surface area (Å²) in [4.78, 5) is 23.4. The van der Waals surface area contributed by atoms with Crippen molar-refractivity contribution >= 4 is 27.5 Å². The molecular weight excluding hydrogens is 342 g/mol. The highest BCUT2D eigenvalue weighted by Crippen LogP contribution is 2.25. The second kappa shape index (κ2) is 7.53. The molecule has 0 atom stereocenters. The SMILES string of the molecule is O=C1CCc2cc(S(=O)(=O)NCCC(=O)NC3CCCC3)ccc2N1. The molecule has 8 heteroatoms. The maximum absolute atomic E-state index is 12.4. The van der Waals surface area contributed by atoms with E-state index < -0.39 is 10.0 Å². The van der Waals surface area contributed by atoms with E-state index >= 15 is 0 Å². The van der Waals surface area contributed by atoms with Crippen molar-refractivity contribution < 1.29 is 18.0 Å². The monoisotopic (exact) mass is 365 g/mol. The van der Waals surface area contributed by atoms with Gasteiger partial charge in [-0.1, -0.05) is 12.8 Å². The number of carbonyl (C=O) groups is 2. The number of aryl methyl sites for hydroxylation is 1. The average Bonchev–Trinajstić information content (AvgIpc) is 3.07. The van der Waals surface area contributed by atoms with E-state index in [1.165, 1.54) is 6.07 Å². The molecule has 0 bridgehead atoms. The Hall–Kier alpha value is -1.93.